The highest BCUT2D eigenvalue weighted by Gasteiger charge is 2.29. The molecule has 0 amide bonds. The molecule has 2 N–H and O–H groups in total. The minimum Gasteiger partial charge on any atom is -0.480 e. The molecule has 0 aliphatic carbocycles. The van der Waals surface area contributed by atoms with Crippen molar-refractivity contribution < 1.29 is 9.90 Å². The molecule has 2 aromatic rings. The highest BCUT2D eigenvalue weighted by molar-refractivity contribution is 5.78. The van der Waals surface area contributed by atoms with Gasteiger partial charge in [0.25, 0.3) is 0 Å². The molecule has 2 aromatic carbocycles. The number of carbonyl (C=O) groups is 1. The zero-order valence-corrected chi connectivity index (χ0v) is 12.5. The second-order valence-electron chi connectivity index (χ2n) is 5.41. The first kappa shape index (κ1) is 15.3. The van der Waals surface area contributed by atoms with E-state index in [0.29, 0.717) is 13.0 Å². The summed E-state index contributed by atoms with van der Waals surface area (Å²) in [5, 5.41) is 12.4. The van der Waals surface area contributed by atoms with Crippen molar-refractivity contribution in [1.82, 2.24) is 5.32 Å². The van der Waals surface area contributed by atoms with Crippen LogP contribution in [0, 0.1) is 0 Å². The summed E-state index contributed by atoms with van der Waals surface area (Å²) in [7, 11) is 0. The molecular formula is C18H21NO2. The van der Waals surface area contributed by atoms with Crippen LogP contribution >= 0.6 is 0 Å². The van der Waals surface area contributed by atoms with Crippen molar-refractivity contribution in [3.05, 3.63) is 60.2 Å². The molecule has 1 atom stereocenters. The first-order valence-electron chi connectivity index (χ1n) is 7.18. The van der Waals surface area contributed by atoms with Crippen molar-refractivity contribution in [1.29, 1.82) is 0 Å². The third-order valence-corrected chi connectivity index (χ3v) is 3.92. The average molecular weight is 283 g/mol. The molecule has 21 heavy (non-hydrogen) atoms. The molecule has 0 saturated heterocycles. The quantitative estimate of drug-likeness (QED) is 0.850. The molecule has 0 bridgehead atoms. The SMILES string of the molecule is CCC(C)(NCc1ccc(-c2ccccc2)cc1)C(=O)O. The second kappa shape index (κ2) is 6.55. The maximum absolute atomic E-state index is 11.3. The van der Waals surface area contributed by atoms with Gasteiger partial charge >= 0.3 is 5.97 Å². The number of benzene rings is 2. The van der Waals surface area contributed by atoms with E-state index in [1.165, 1.54) is 5.56 Å². The van der Waals surface area contributed by atoms with E-state index < -0.39 is 11.5 Å². The van der Waals surface area contributed by atoms with Gasteiger partial charge in [0.1, 0.15) is 5.54 Å². The third kappa shape index (κ3) is 3.70. The Hall–Kier alpha value is -2.13. The summed E-state index contributed by atoms with van der Waals surface area (Å²) in [5.74, 6) is -0.814. The largest absolute Gasteiger partial charge is 0.480 e. The molecule has 110 valence electrons. The lowest BCUT2D eigenvalue weighted by atomic mass is 9.98. The van der Waals surface area contributed by atoms with Crippen molar-refractivity contribution in [2.24, 2.45) is 0 Å². The molecule has 0 aliphatic rings. The summed E-state index contributed by atoms with van der Waals surface area (Å²) in [6.07, 6.45) is 0.546. The number of rotatable bonds is 6. The molecule has 0 heterocycles. The van der Waals surface area contributed by atoms with Crippen LogP contribution in [-0.2, 0) is 11.3 Å². The van der Waals surface area contributed by atoms with Gasteiger partial charge in [0.05, 0.1) is 0 Å². The van der Waals surface area contributed by atoms with E-state index in [4.69, 9.17) is 0 Å². The summed E-state index contributed by atoms with van der Waals surface area (Å²) < 4.78 is 0. The van der Waals surface area contributed by atoms with Crippen LogP contribution in [0.15, 0.2) is 54.6 Å². The number of aliphatic carboxylic acids is 1. The van der Waals surface area contributed by atoms with Crippen LogP contribution in [0.2, 0.25) is 0 Å². The van der Waals surface area contributed by atoms with Gasteiger partial charge in [-0.1, -0.05) is 61.5 Å². The number of hydrogen-bond donors (Lipinski definition) is 2. The lowest BCUT2D eigenvalue weighted by Gasteiger charge is -2.24. The van der Waals surface area contributed by atoms with Gasteiger partial charge in [-0.2, -0.15) is 0 Å². The van der Waals surface area contributed by atoms with E-state index in [1.54, 1.807) is 6.92 Å². The fraction of sp³-hybridized carbons (Fsp3) is 0.278. The van der Waals surface area contributed by atoms with Crippen LogP contribution < -0.4 is 5.32 Å². The van der Waals surface area contributed by atoms with Crippen molar-refractivity contribution in [2.45, 2.75) is 32.4 Å². The Kier molecular flexibility index (Phi) is 4.76. The molecule has 0 fully saturated rings. The molecule has 3 heteroatoms. The summed E-state index contributed by atoms with van der Waals surface area (Å²) >= 11 is 0. The van der Waals surface area contributed by atoms with Crippen LogP contribution in [0.4, 0.5) is 0 Å². The van der Waals surface area contributed by atoms with Gasteiger partial charge in [-0.25, -0.2) is 0 Å². The molecular weight excluding hydrogens is 262 g/mol. The fourth-order valence-corrected chi connectivity index (χ4v) is 2.09. The van der Waals surface area contributed by atoms with E-state index in [2.05, 4.69) is 29.6 Å². The van der Waals surface area contributed by atoms with Crippen molar-refractivity contribution in [3.8, 4) is 11.1 Å². The molecule has 3 nitrogen and oxygen atoms in total. The number of carboxylic acids is 1. The van der Waals surface area contributed by atoms with Crippen molar-refractivity contribution >= 4 is 5.97 Å². The first-order valence-corrected chi connectivity index (χ1v) is 7.18. The predicted molar refractivity (Wildman–Crippen MR) is 85.0 cm³/mol. The van der Waals surface area contributed by atoms with E-state index >= 15 is 0 Å². The summed E-state index contributed by atoms with van der Waals surface area (Å²) in [6.45, 7) is 4.14. The third-order valence-electron chi connectivity index (χ3n) is 3.92. The Labute approximate surface area is 125 Å². The molecule has 0 saturated carbocycles. The van der Waals surface area contributed by atoms with Gasteiger partial charge < -0.3 is 5.11 Å². The molecule has 0 spiro atoms. The van der Waals surface area contributed by atoms with Crippen LogP contribution in [0.25, 0.3) is 11.1 Å². The normalized spacial score (nSPS) is 13.6. The van der Waals surface area contributed by atoms with Gasteiger partial charge in [-0.15, -0.1) is 0 Å². The predicted octanol–water partition coefficient (Wildman–Crippen LogP) is 3.70. The lowest BCUT2D eigenvalue weighted by molar-refractivity contribution is -0.144. The van der Waals surface area contributed by atoms with E-state index in [-0.39, 0.29) is 0 Å². The standard InChI is InChI=1S/C18H21NO2/c1-3-18(2,17(20)21)19-13-14-9-11-16(12-10-14)15-7-5-4-6-8-15/h4-12,19H,3,13H2,1-2H3,(H,20,21). The minimum atomic E-state index is -0.877. The monoisotopic (exact) mass is 283 g/mol. The fourth-order valence-electron chi connectivity index (χ4n) is 2.09. The van der Waals surface area contributed by atoms with Crippen molar-refractivity contribution in [2.75, 3.05) is 0 Å². The summed E-state index contributed by atoms with van der Waals surface area (Å²) in [4.78, 5) is 11.3. The highest BCUT2D eigenvalue weighted by atomic mass is 16.4. The smallest absolute Gasteiger partial charge is 0.323 e. The topological polar surface area (TPSA) is 49.3 Å². The maximum Gasteiger partial charge on any atom is 0.323 e. The zero-order valence-electron chi connectivity index (χ0n) is 12.5. The van der Waals surface area contributed by atoms with E-state index in [1.807, 2.05) is 37.3 Å². The van der Waals surface area contributed by atoms with Gasteiger partial charge in [0.15, 0.2) is 0 Å². The Morgan fingerprint density at radius 3 is 2.14 bits per heavy atom. The Morgan fingerprint density at radius 2 is 1.62 bits per heavy atom. The molecule has 0 radical (unpaired) electrons. The Morgan fingerprint density at radius 1 is 1.05 bits per heavy atom. The second-order valence-corrected chi connectivity index (χ2v) is 5.41. The summed E-state index contributed by atoms with van der Waals surface area (Å²) in [5.41, 5.74) is 2.55. The molecule has 0 aliphatic heterocycles. The maximum atomic E-state index is 11.3. The minimum absolute atomic E-state index is 0.546. The van der Waals surface area contributed by atoms with Crippen LogP contribution in [0.1, 0.15) is 25.8 Å². The highest BCUT2D eigenvalue weighted by Crippen LogP contribution is 2.19. The first-order chi connectivity index (χ1) is 10.0. The Bertz CT molecular complexity index is 592. The zero-order chi connectivity index (χ0) is 15.3. The van der Waals surface area contributed by atoms with Crippen molar-refractivity contribution in [3.63, 3.8) is 0 Å². The van der Waals surface area contributed by atoms with Crippen LogP contribution in [-0.4, -0.2) is 16.6 Å². The number of carboxylic acid groups (broad SMARTS) is 1. The Balaban J connectivity index is 2.05. The van der Waals surface area contributed by atoms with Crippen LogP contribution in [0.3, 0.4) is 0 Å². The van der Waals surface area contributed by atoms with E-state index in [9.17, 15) is 9.90 Å². The molecule has 0 aromatic heterocycles. The molecule has 1 unspecified atom stereocenters. The van der Waals surface area contributed by atoms with Gasteiger partial charge in [-0.05, 0) is 30.0 Å². The van der Waals surface area contributed by atoms with Gasteiger partial charge in [-0.3, -0.25) is 10.1 Å². The van der Waals surface area contributed by atoms with Gasteiger partial charge in [0, 0.05) is 6.54 Å². The molecule has 2 rings (SSSR count). The number of hydrogen-bond acceptors (Lipinski definition) is 2. The number of nitrogens with one attached hydrogen (secondary N) is 1. The van der Waals surface area contributed by atoms with Gasteiger partial charge in [0.2, 0.25) is 0 Å². The average Bonchev–Trinajstić information content (AvgIpc) is 2.53. The lowest BCUT2D eigenvalue weighted by Crippen LogP contribution is -2.48. The summed E-state index contributed by atoms with van der Waals surface area (Å²) in [6, 6.07) is 18.4. The van der Waals surface area contributed by atoms with Crippen LogP contribution in [0.5, 0.6) is 0 Å². The van der Waals surface area contributed by atoms with E-state index in [0.717, 1.165) is 11.1 Å².